The van der Waals surface area contributed by atoms with E-state index < -0.39 is 5.60 Å². The van der Waals surface area contributed by atoms with Crippen LogP contribution in [0.25, 0.3) is 11.1 Å². The number of aliphatic hydroxyl groups is 1. The van der Waals surface area contributed by atoms with E-state index in [1.165, 1.54) is 0 Å². The number of rotatable bonds is 4. The maximum Gasteiger partial charge on any atom is 0.410 e. The Morgan fingerprint density at radius 1 is 0.906 bits per heavy atom. The molecule has 2 aliphatic rings. The lowest BCUT2D eigenvalue weighted by atomic mass is 9.76. The van der Waals surface area contributed by atoms with Gasteiger partial charge in [0.1, 0.15) is 6.61 Å². The lowest BCUT2D eigenvalue weighted by Crippen LogP contribution is -2.62. The van der Waals surface area contributed by atoms with Crippen LogP contribution in [-0.2, 0) is 21.7 Å². The summed E-state index contributed by atoms with van der Waals surface area (Å²) < 4.78 is 11.3. The number of amides is 1. The summed E-state index contributed by atoms with van der Waals surface area (Å²) in [6, 6.07) is 27.5. The highest BCUT2D eigenvalue weighted by Gasteiger charge is 2.49. The Labute approximate surface area is 188 Å². The zero-order chi connectivity index (χ0) is 22.0. The molecule has 2 fully saturated rings. The molecule has 0 aliphatic carbocycles. The van der Waals surface area contributed by atoms with Gasteiger partial charge in [0.25, 0.3) is 0 Å². The molecule has 0 aromatic heterocycles. The highest BCUT2D eigenvalue weighted by atomic mass is 16.6. The van der Waals surface area contributed by atoms with Crippen molar-refractivity contribution in [3.63, 3.8) is 0 Å². The molecule has 5 heteroatoms. The van der Waals surface area contributed by atoms with Crippen molar-refractivity contribution in [1.29, 1.82) is 0 Å². The van der Waals surface area contributed by atoms with E-state index in [1.54, 1.807) is 4.90 Å². The molecule has 2 saturated heterocycles. The summed E-state index contributed by atoms with van der Waals surface area (Å²) in [7, 11) is 0. The lowest BCUT2D eigenvalue weighted by molar-refractivity contribution is -0.136. The Hall–Kier alpha value is -3.15. The number of carbonyl (C=O) groups is 1. The normalized spacial score (nSPS) is 24.7. The van der Waals surface area contributed by atoms with Crippen molar-refractivity contribution in [3.8, 4) is 11.1 Å². The molecule has 1 N–H and O–H groups in total. The third-order valence-electron chi connectivity index (χ3n) is 6.48. The Morgan fingerprint density at radius 3 is 2.22 bits per heavy atom. The summed E-state index contributed by atoms with van der Waals surface area (Å²) in [6.45, 7) is 1.04. The molecule has 3 aromatic carbocycles. The minimum Gasteiger partial charge on any atom is -0.445 e. The summed E-state index contributed by atoms with van der Waals surface area (Å²) in [5.41, 5.74) is 3.01. The average molecular weight is 430 g/mol. The summed E-state index contributed by atoms with van der Waals surface area (Å²) in [6.07, 6.45) is 0.497. The molecule has 164 valence electrons. The molecular formula is C27H27NO4. The molecule has 5 rings (SSSR count). The first-order valence-electron chi connectivity index (χ1n) is 11.1. The van der Waals surface area contributed by atoms with Gasteiger partial charge in [-0.25, -0.2) is 4.79 Å². The molecule has 2 heterocycles. The van der Waals surface area contributed by atoms with Gasteiger partial charge in [-0.05, 0) is 28.3 Å². The van der Waals surface area contributed by atoms with Crippen molar-refractivity contribution < 1.29 is 19.4 Å². The number of hydrogen-bond donors (Lipinski definition) is 1. The van der Waals surface area contributed by atoms with Crippen LogP contribution in [0, 0.1) is 0 Å². The van der Waals surface area contributed by atoms with E-state index >= 15 is 0 Å². The summed E-state index contributed by atoms with van der Waals surface area (Å²) in [4.78, 5) is 14.7. The lowest BCUT2D eigenvalue weighted by Gasteiger charge is -2.51. The highest BCUT2D eigenvalue weighted by molar-refractivity contribution is 5.69. The molecule has 0 radical (unpaired) electrons. The van der Waals surface area contributed by atoms with Crippen LogP contribution in [0.15, 0.2) is 84.9 Å². The van der Waals surface area contributed by atoms with Gasteiger partial charge in [0.15, 0.2) is 0 Å². The number of hydrogen-bond acceptors (Lipinski definition) is 4. The van der Waals surface area contributed by atoms with Crippen molar-refractivity contribution in [2.75, 3.05) is 13.2 Å². The van der Waals surface area contributed by atoms with E-state index in [4.69, 9.17) is 9.47 Å². The van der Waals surface area contributed by atoms with Gasteiger partial charge in [0.05, 0.1) is 30.9 Å². The first-order chi connectivity index (χ1) is 15.6. The number of benzene rings is 3. The fraction of sp³-hybridized carbons (Fsp3) is 0.296. The van der Waals surface area contributed by atoms with Crippen molar-refractivity contribution in [2.24, 2.45) is 0 Å². The average Bonchev–Trinajstić information content (AvgIpc) is 2.83. The summed E-state index contributed by atoms with van der Waals surface area (Å²) >= 11 is 0. The molecule has 5 nitrogen and oxygen atoms in total. The Morgan fingerprint density at radius 2 is 1.53 bits per heavy atom. The van der Waals surface area contributed by atoms with Gasteiger partial charge < -0.3 is 14.6 Å². The molecule has 32 heavy (non-hydrogen) atoms. The molecule has 3 aromatic rings. The first-order valence-corrected chi connectivity index (χ1v) is 11.1. The number of fused-ring (bicyclic) bond motifs is 2. The largest absolute Gasteiger partial charge is 0.445 e. The second kappa shape index (κ2) is 8.77. The summed E-state index contributed by atoms with van der Waals surface area (Å²) in [5, 5.41) is 11.7. The second-order valence-electron chi connectivity index (χ2n) is 8.68. The predicted octanol–water partition coefficient (Wildman–Crippen LogP) is 4.74. The molecule has 0 spiro atoms. The number of ether oxygens (including phenoxy) is 2. The van der Waals surface area contributed by atoms with Crippen LogP contribution >= 0.6 is 0 Å². The minimum atomic E-state index is -1.01. The predicted molar refractivity (Wildman–Crippen MR) is 122 cm³/mol. The van der Waals surface area contributed by atoms with Crippen LogP contribution < -0.4 is 0 Å². The first kappa shape index (κ1) is 20.7. The van der Waals surface area contributed by atoms with E-state index in [2.05, 4.69) is 24.3 Å². The van der Waals surface area contributed by atoms with Crippen molar-refractivity contribution in [1.82, 2.24) is 4.90 Å². The smallest absolute Gasteiger partial charge is 0.410 e. The molecule has 1 amide bonds. The van der Waals surface area contributed by atoms with Crippen molar-refractivity contribution >= 4 is 6.09 Å². The van der Waals surface area contributed by atoms with Gasteiger partial charge in [-0.1, -0.05) is 78.9 Å². The Kier molecular flexibility index (Phi) is 5.68. The molecule has 0 saturated carbocycles. The third kappa shape index (κ3) is 4.14. The van der Waals surface area contributed by atoms with E-state index in [9.17, 15) is 9.90 Å². The maximum atomic E-state index is 12.9. The molecule has 2 bridgehead atoms. The van der Waals surface area contributed by atoms with Crippen LogP contribution in [0.2, 0.25) is 0 Å². The standard InChI is InChI=1S/C27H27NO4/c29-26(32-17-20-8-3-1-4-9-20)28-24-15-27(30,16-25(28)19-31-18-24)23-13-7-12-22(14-23)21-10-5-2-6-11-21/h1-14,24-25,30H,15-19H2. The van der Waals surface area contributed by atoms with Crippen LogP contribution in [0.1, 0.15) is 24.0 Å². The zero-order valence-corrected chi connectivity index (χ0v) is 17.9. The van der Waals surface area contributed by atoms with Crippen LogP contribution in [-0.4, -0.2) is 41.4 Å². The summed E-state index contributed by atoms with van der Waals surface area (Å²) in [5.74, 6) is 0. The topological polar surface area (TPSA) is 59.0 Å². The molecule has 2 atom stereocenters. The van der Waals surface area contributed by atoms with Gasteiger partial charge in [-0.3, -0.25) is 4.90 Å². The monoisotopic (exact) mass is 429 g/mol. The number of nitrogens with zero attached hydrogens (tertiary/aromatic N) is 1. The highest BCUT2D eigenvalue weighted by Crippen LogP contribution is 2.42. The maximum absolute atomic E-state index is 12.9. The molecule has 2 aliphatic heterocycles. The van der Waals surface area contributed by atoms with Crippen LogP contribution in [0.5, 0.6) is 0 Å². The van der Waals surface area contributed by atoms with Crippen molar-refractivity contribution in [2.45, 2.75) is 37.1 Å². The Balaban J connectivity index is 1.34. The van der Waals surface area contributed by atoms with Gasteiger partial charge >= 0.3 is 6.09 Å². The fourth-order valence-corrected chi connectivity index (χ4v) is 4.92. The Bertz CT molecular complexity index is 1060. The SMILES string of the molecule is O=C(OCc1ccccc1)N1C2COCC1CC(O)(c1cccc(-c3ccccc3)c1)C2. The fourth-order valence-electron chi connectivity index (χ4n) is 4.92. The quantitative estimate of drug-likeness (QED) is 0.651. The van der Waals surface area contributed by atoms with Gasteiger partial charge in [-0.15, -0.1) is 0 Å². The number of piperidine rings is 1. The van der Waals surface area contributed by atoms with Crippen LogP contribution in [0.3, 0.4) is 0 Å². The zero-order valence-electron chi connectivity index (χ0n) is 17.9. The number of carbonyl (C=O) groups excluding carboxylic acids is 1. The van der Waals surface area contributed by atoms with Gasteiger partial charge in [0.2, 0.25) is 0 Å². The minimum absolute atomic E-state index is 0.226. The second-order valence-corrected chi connectivity index (χ2v) is 8.68. The van der Waals surface area contributed by atoms with E-state index in [0.29, 0.717) is 26.1 Å². The van der Waals surface area contributed by atoms with Crippen molar-refractivity contribution in [3.05, 3.63) is 96.1 Å². The van der Waals surface area contributed by atoms with Gasteiger partial charge in [0, 0.05) is 12.8 Å². The van der Waals surface area contributed by atoms with E-state index in [-0.39, 0.29) is 24.8 Å². The van der Waals surface area contributed by atoms with Gasteiger partial charge in [-0.2, -0.15) is 0 Å². The van der Waals surface area contributed by atoms with E-state index in [0.717, 1.165) is 22.3 Å². The molecular weight excluding hydrogens is 402 g/mol. The van der Waals surface area contributed by atoms with Crippen LogP contribution in [0.4, 0.5) is 4.79 Å². The third-order valence-corrected chi connectivity index (χ3v) is 6.48. The number of morpholine rings is 1. The van der Waals surface area contributed by atoms with E-state index in [1.807, 2.05) is 60.7 Å². The molecule has 2 unspecified atom stereocenters.